The zero-order valence-electron chi connectivity index (χ0n) is 10.8. The Bertz CT molecular complexity index is 765. The number of rotatable bonds is 2. The van der Waals surface area contributed by atoms with Crippen molar-refractivity contribution in [2.24, 2.45) is 12.1 Å². The molecule has 96 valence electrons. The van der Waals surface area contributed by atoms with E-state index in [1.54, 1.807) is 21.8 Å². The number of nitrogens with two attached hydrogens (primary N) is 1. The number of imidazole rings is 1. The molecule has 3 rings (SSSR count). The molecular weight excluding hydrogens is 240 g/mol. The summed E-state index contributed by atoms with van der Waals surface area (Å²) in [4.78, 5) is 4.09. The predicted molar refractivity (Wildman–Crippen MR) is 75.1 cm³/mol. The van der Waals surface area contributed by atoms with Gasteiger partial charge in [-0.05, 0) is 18.6 Å². The van der Waals surface area contributed by atoms with Gasteiger partial charge in [0.05, 0.1) is 23.6 Å². The maximum atomic E-state index is 5.72. The van der Waals surface area contributed by atoms with Gasteiger partial charge in [-0.2, -0.15) is 10.2 Å². The third-order valence-corrected chi connectivity index (χ3v) is 2.81. The summed E-state index contributed by atoms with van der Waals surface area (Å²) in [6.45, 7) is 1.88. The Morgan fingerprint density at radius 2 is 2.16 bits per heavy atom. The van der Waals surface area contributed by atoms with Gasteiger partial charge in [-0.25, -0.2) is 9.66 Å². The molecule has 0 aliphatic heterocycles. The van der Waals surface area contributed by atoms with Crippen LogP contribution in [-0.4, -0.2) is 25.7 Å². The second-order valence-electron chi connectivity index (χ2n) is 4.45. The summed E-state index contributed by atoms with van der Waals surface area (Å²) < 4.78 is 3.35. The molecule has 0 unspecified atom stereocenters. The molecule has 0 fully saturated rings. The molecule has 1 aromatic carbocycles. The van der Waals surface area contributed by atoms with E-state index in [0.29, 0.717) is 5.95 Å². The average molecular weight is 254 g/mol. The fourth-order valence-corrected chi connectivity index (χ4v) is 1.96. The van der Waals surface area contributed by atoms with Crippen molar-refractivity contribution in [1.82, 2.24) is 19.4 Å². The van der Waals surface area contributed by atoms with E-state index in [1.165, 1.54) is 0 Å². The Labute approximate surface area is 110 Å². The summed E-state index contributed by atoms with van der Waals surface area (Å²) >= 11 is 0. The molecule has 0 aliphatic rings. The normalized spacial score (nSPS) is 11.7. The highest BCUT2D eigenvalue weighted by Gasteiger charge is 2.00. The molecule has 0 saturated heterocycles. The lowest BCUT2D eigenvalue weighted by Gasteiger charge is -1.95. The minimum atomic E-state index is 0.382. The lowest BCUT2D eigenvalue weighted by atomic mass is 10.2. The van der Waals surface area contributed by atoms with Gasteiger partial charge < -0.3 is 5.73 Å². The summed E-state index contributed by atoms with van der Waals surface area (Å²) in [5, 5.41) is 9.75. The second kappa shape index (κ2) is 4.24. The van der Waals surface area contributed by atoms with Gasteiger partial charge in [0.25, 0.3) is 0 Å². The fourth-order valence-electron chi connectivity index (χ4n) is 1.96. The highest BCUT2D eigenvalue weighted by atomic mass is 15.4. The average Bonchev–Trinajstić information content (AvgIpc) is 2.87. The van der Waals surface area contributed by atoms with Crippen LogP contribution in [-0.2, 0) is 7.05 Å². The lowest BCUT2D eigenvalue weighted by Crippen LogP contribution is -1.96. The lowest BCUT2D eigenvalue weighted by molar-refractivity contribution is 0.780. The summed E-state index contributed by atoms with van der Waals surface area (Å²) in [6, 6.07) is 6.00. The summed E-state index contributed by atoms with van der Waals surface area (Å²) in [5.41, 5.74) is 8.48. The second-order valence-corrected chi connectivity index (χ2v) is 4.45. The third kappa shape index (κ3) is 2.20. The van der Waals surface area contributed by atoms with Crippen LogP contribution in [0.2, 0.25) is 0 Å². The number of aromatic nitrogens is 4. The van der Waals surface area contributed by atoms with Crippen molar-refractivity contribution in [1.29, 1.82) is 0 Å². The maximum absolute atomic E-state index is 5.72. The van der Waals surface area contributed by atoms with Crippen LogP contribution in [0.5, 0.6) is 0 Å². The molecule has 2 aromatic heterocycles. The molecule has 6 heteroatoms. The maximum Gasteiger partial charge on any atom is 0.221 e. The van der Waals surface area contributed by atoms with Crippen molar-refractivity contribution < 1.29 is 0 Å². The number of aryl methyl sites for hydroxylation is 2. The molecule has 0 bridgehead atoms. The first-order chi connectivity index (χ1) is 9.11. The minimum Gasteiger partial charge on any atom is -0.368 e. The number of anilines is 1. The molecule has 2 heterocycles. The van der Waals surface area contributed by atoms with Gasteiger partial charge in [-0.1, -0.05) is 12.1 Å². The zero-order valence-corrected chi connectivity index (χ0v) is 10.8. The Morgan fingerprint density at radius 3 is 2.89 bits per heavy atom. The summed E-state index contributed by atoms with van der Waals surface area (Å²) in [6.07, 6.45) is 5.50. The largest absolute Gasteiger partial charge is 0.368 e. The van der Waals surface area contributed by atoms with Gasteiger partial charge in [0, 0.05) is 18.6 Å². The zero-order chi connectivity index (χ0) is 13.4. The SMILES string of the molecule is Cc1cn(N=Cc2ccc3cn(C)nc3c2)c(N)n1. The predicted octanol–water partition coefficient (Wildman–Crippen LogP) is 1.54. The van der Waals surface area contributed by atoms with E-state index in [-0.39, 0.29) is 0 Å². The molecular formula is C13H14N6. The van der Waals surface area contributed by atoms with Gasteiger partial charge in [0.15, 0.2) is 0 Å². The van der Waals surface area contributed by atoms with E-state index in [0.717, 1.165) is 22.2 Å². The van der Waals surface area contributed by atoms with Crippen molar-refractivity contribution in [3.8, 4) is 0 Å². The van der Waals surface area contributed by atoms with Crippen molar-refractivity contribution in [2.75, 3.05) is 5.73 Å². The number of fused-ring (bicyclic) bond motifs is 1. The Morgan fingerprint density at radius 1 is 1.32 bits per heavy atom. The monoisotopic (exact) mass is 254 g/mol. The van der Waals surface area contributed by atoms with E-state index in [2.05, 4.69) is 15.2 Å². The first kappa shape index (κ1) is 11.5. The molecule has 2 N–H and O–H groups in total. The van der Waals surface area contributed by atoms with Crippen molar-refractivity contribution in [2.45, 2.75) is 6.92 Å². The van der Waals surface area contributed by atoms with E-state index >= 15 is 0 Å². The van der Waals surface area contributed by atoms with Crippen LogP contribution in [0.1, 0.15) is 11.3 Å². The first-order valence-corrected chi connectivity index (χ1v) is 5.91. The quantitative estimate of drug-likeness (QED) is 0.705. The molecule has 3 aromatic rings. The molecule has 0 spiro atoms. The van der Waals surface area contributed by atoms with E-state index in [9.17, 15) is 0 Å². The number of nitrogens with zero attached hydrogens (tertiary/aromatic N) is 5. The van der Waals surface area contributed by atoms with Gasteiger partial charge in [-0.15, -0.1) is 0 Å². The molecule has 0 atom stereocenters. The van der Waals surface area contributed by atoms with Gasteiger partial charge >= 0.3 is 0 Å². The highest BCUT2D eigenvalue weighted by molar-refractivity contribution is 5.88. The van der Waals surface area contributed by atoms with Gasteiger partial charge in [-0.3, -0.25) is 4.68 Å². The standard InChI is InChI=1S/C13H14N6/c1-9-7-19(13(14)16-9)15-6-10-3-4-11-8-18(2)17-12(11)5-10/h3-8H,1-2H3,(H2,14,16). The van der Waals surface area contributed by atoms with Crippen molar-refractivity contribution in [3.05, 3.63) is 41.9 Å². The summed E-state index contributed by atoms with van der Waals surface area (Å²) in [5.74, 6) is 0.382. The Balaban J connectivity index is 1.94. The van der Waals surface area contributed by atoms with E-state index in [1.807, 2.05) is 38.4 Å². The molecule has 0 radical (unpaired) electrons. The Hall–Kier alpha value is -2.63. The molecule has 0 amide bonds. The minimum absolute atomic E-state index is 0.382. The van der Waals surface area contributed by atoms with Crippen LogP contribution in [0, 0.1) is 6.92 Å². The topological polar surface area (TPSA) is 74.0 Å². The van der Waals surface area contributed by atoms with Crippen LogP contribution in [0.4, 0.5) is 5.95 Å². The molecule has 0 aliphatic carbocycles. The van der Waals surface area contributed by atoms with Crippen LogP contribution in [0.3, 0.4) is 0 Å². The number of benzene rings is 1. The number of nitrogen functional groups attached to an aromatic ring is 1. The van der Waals surface area contributed by atoms with Crippen molar-refractivity contribution >= 4 is 23.1 Å². The van der Waals surface area contributed by atoms with Gasteiger partial charge in [0.2, 0.25) is 5.95 Å². The number of hydrogen-bond acceptors (Lipinski definition) is 4. The molecule has 19 heavy (non-hydrogen) atoms. The van der Waals surface area contributed by atoms with E-state index in [4.69, 9.17) is 5.73 Å². The highest BCUT2D eigenvalue weighted by Crippen LogP contribution is 2.13. The third-order valence-electron chi connectivity index (χ3n) is 2.81. The van der Waals surface area contributed by atoms with Crippen LogP contribution < -0.4 is 5.73 Å². The first-order valence-electron chi connectivity index (χ1n) is 5.91. The van der Waals surface area contributed by atoms with Gasteiger partial charge in [0.1, 0.15) is 0 Å². The van der Waals surface area contributed by atoms with Crippen LogP contribution >= 0.6 is 0 Å². The van der Waals surface area contributed by atoms with Crippen molar-refractivity contribution in [3.63, 3.8) is 0 Å². The molecule has 6 nitrogen and oxygen atoms in total. The molecule has 0 saturated carbocycles. The fraction of sp³-hybridized carbons (Fsp3) is 0.154. The Kier molecular flexibility index (Phi) is 2.56. The van der Waals surface area contributed by atoms with E-state index < -0.39 is 0 Å². The van der Waals surface area contributed by atoms with Crippen LogP contribution in [0.15, 0.2) is 35.7 Å². The van der Waals surface area contributed by atoms with Crippen LogP contribution in [0.25, 0.3) is 10.9 Å². The smallest absolute Gasteiger partial charge is 0.221 e. The summed E-state index contributed by atoms with van der Waals surface area (Å²) in [7, 11) is 1.91. The number of hydrogen-bond donors (Lipinski definition) is 1.